The zero-order valence-corrected chi connectivity index (χ0v) is 12.9. The third-order valence-electron chi connectivity index (χ3n) is 2.75. The summed E-state index contributed by atoms with van der Waals surface area (Å²) in [6.45, 7) is 3.50. The van der Waals surface area contributed by atoms with Gasteiger partial charge in [0.05, 0.1) is 10.6 Å². The molecule has 0 heterocycles. The molecule has 0 amide bonds. The highest BCUT2D eigenvalue weighted by atomic mass is 32.2. The molecule has 0 aliphatic rings. The van der Waals surface area contributed by atoms with Gasteiger partial charge in [-0.1, -0.05) is 25.1 Å². The molecule has 112 valence electrons. The Labute approximate surface area is 121 Å². The Morgan fingerprint density at radius 1 is 1.15 bits per heavy atom. The first-order chi connectivity index (χ1) is 9.60. The number of hydrogen-bond donors (Lipinski definition) is 2. The molecular formula is C14H23N3O2S. The summed E-state index contributed by atoms with van der Waals surface area (Å²) in [6.07, 6.45) is 1.56. The van der Waals surface area contributed by atoms with Crippen LogP contribution in [0.25, 0.3) is 0 Å². The second kappa shape index (κ2) is 8.58. The average molecular weight is 297 g/mol. The van der Waals surface area contributed by atoms with Crippen molar-refractivity contribution in [3.63, 3.8) is 0 Å². The summed E-state index contributed by atoms with van der Waals surface area (Å²) < 4.78 is 24.1. The van der Waals surface area contributed by atoms with E-state index in [0.29, 0.717) is 23.8 Å². The minimum atomic E-state index is -3.18. The van der Waals surface area contributed by atoms with Crippen LogP contribution in [0.3, 0.4) is 0 Å². The molecule has 0 saturated carbocycles. The van der Waals surface area contributed by atoms with E-state index in [2.05, 4.69) is 22.5 Å². The molecule has 0 aliphatic heterocycles. The number of benzene rings is 1. The molecule has 6 heteroatoms. The van der Waals surface area contributed by atoms with Gasteiger partial charge in [-0.2, -0.15) is 0 Å². The van der Waals surface area contributed by atoms with Gasteiger partial charge in [0.25, 0.3) is 0 Å². The number of nitrogens with one attached hydrogen (secondary N) is 2. The third kappa shape index (κ3) is 5.61. The predicted octanol–water partition coefficient (Wildman–Crippen LogP) is 1.43. The first-order valence-electron chi connectivity index (χ1n) is 6.82. The van der Waals surface area contributed by atoms with Crippen molar-refractivity contribution in [2.24, 2.45) is 4.99 Å². The lowest BCUT2D eigenvalue weighted by atomic mass is 10.4. The largest absolute Gasteiger partial charge is 0.356 e. The predicted molar refractivity (Wildman–Crippen MR) is 82.8 cm³/mol. The van der Waals surface area contributed by atoms with Gasteiger partial charge in [0.2, 0.25) is 0 Å². The quantitative estimate of drug-likeness (QED) is 0.454. The van der Waals surface area contributed by atoms with E-state index < -0.39 is 9.84 Å². The van der Waals surface area contributed by atoms with Gasteiger partial charge in [0.15, 0.2) is 15.8 Å². The maximum Gasteiger partial charge on any atom is 0.190 e. The Morgan fingerprint density at radius 3 is 2.40 bits per heavy atom. The summed E-state index contributed by atoms with van der Waals surface area (Å²) >= 11 is 0. The van der Waals surface area contributed by atoms with Gasteiger partial charge in [-0.15, -0.1) is 0 Å². The zero-order valence-electron chi connectivity index (χ0n) is 12.1. The van der Waals surface area contributed by atoms with Gasteiger partial charge in [0.1, 0.15) is 0 Å². The molecule has 0 spiro atoms. The number of nitrogens with zero attached hydrogens (tertiary/aromatic N) is 1. The van der Waals surface area contributed by atoms with Crippen molar-refractivity contribution in [1.29, 1.82) is 0 Å². The minimum absolute atomic E-state index is 0.134. The summed E-state index contributed by atoms with van der Waals surface area (Å²) in [5, 5.41) is 6.24. The van der Waals surface area contributed by atoms with Crippen molar-refractivity contribution in [3.8, 4) is 0 Å². The zero-order chi connectivity index (χ0) is 14.8. The summed E-state index contributed by atoms with van der Waals surface area (Å²) in [5.74, 6) is 0.846. The van der Waals surface area contributed by atoms with Gasteiger partial charge in [-0.3, -0.25) is 4.99 Å². The number of sulfone groups is 1. The Kier molecular flexibility index (Phi) is 7.08. The Hall–Kier alpha value is -1.56. The van der Waals surface area contributed by atoms with Gasteiger partial charge >= 0.3 is 0 Å². The van der Waals surface area contributed by atoms with Crippen molar-refractivity contribution in [3.05, 3.63) is 30.3 Å². The minimum Gasteiger partial charge on any atom is -0.356 e. The van der Waals surface area contributed by atoms with Gasteiger partial charge in [-0.05, 0) is 25.0 Å². The van der Waals surface area contributed by atoms with Crippen molar-refractivity contribution in [2.45, 2.75) is 24.7 Å². The fraction of sp³-hybridized carbons (Fsp3) is 0.500. The van der Waals surface area contributed by atoms with Gasteiger partial charge in [0, 0.05) is 20.1 Å². The summed E-state index contributed by atoms with van der Waals surface area (Å²) in [7, 11) is -1.48. The SMILES string of the molecule is CCCNC(=NC)NCCCS(=O)(=O)c1ccccc1. The number of aliphatic imine (C=N–C) groups is 1. The molecule has 1 aromatic carbocycles. The molecule has 20 heavy (non-hydrogen) atoms. The van der Waals surface area contributed by atoms with Gasteiger partial charge < -0.3 is 10.6 Å². The molecule has 2 N–H and O–H groups in total. The van der Waals surface area contributed by atoms with E-state index in [1.54, 1.807) is 31.3 Å². The Balaban J connectivity index is 2.37. The smallest absolute Gasteiger partial charge is 0.190 e. The van der Waals surface area contributed by atoms with Crippen molar-refractivity contribution in [2.75, 3.05) is 25.9 Å². The highest BCUT2D eigenvalue weighted by Crippen LogP contribution is 2.10. The summed E-state index contributed by atoms with van der Waals surface area (Å²) in [4.78, 5) is 4.45. The lowest BCUT2D eigenvalue weighted by molar-refractivity contribution is 0.592. The highest BCUT2D eigenvalue weighted by Gasteiger charge is 2.12. The molecule has 0 unspecified atom stereocenters. The van der Waals surface area contributed by atoms with Crippen molar-refractivity contribution < 1.29 is 8.42 Å². The van der Waals surface area contributed by atoms with Crippen LogP contribution in [0.4, 0.5) is 0 Å². The molecule has 1 aromatic rings. The van der Waals surface area contributed by atoms with Crippen LogP contribution in [0, 0.1) is 0 Å². The van der Waals surface area contributed by atoms with Crippen LogP contribution in [0.15, 0.2) is 40.2 Å². The normalized spacial score (nSPS) is 12.2. The fourth-order valence-corrected chi connectivity index (χ4v) is 3.01. The number of hydrogen-bond acceptors (Lipinski definition) is 3. The Morgan fingerprint density at radius 2 is 1.80 bits per heavy atom. The van der Waals surface area contributed by atoms with Crippen LogP contribution in [0.2, 0.25) is 0 Å². The van der Waals surface area contributed by atoms with E-state index in [-0.39, 0.29) is 5.75 Å². The maximum absolute atomic E-state index is 12.0. The van der Waals surface area contributed by atoms with E-state index in [1.807, 2.05) is 6.07 Å². The van der Waals surface area contributed by atoms with Gasteiger partial charge in [-0.25, -0.2) is 8.42 Å². The highest BCUT2D eigenvalue weighted by molar-refractivity contribution is 7.91. The molecule has 5 nitrogen and oxygen atoms in total. The van der Waals surface area contributed by atoms with Crippen LogP contribution in [0.5, 0.6) is 0 Å². The van der Waals surface area contributed by atoms with E-state index in [1.165, 1.54) is 0 Å². The Bertz CT molecular complexity index is 512. The van der Waals surface area contributed by atoms with Crippen molar-refractivity contribution in [1.82, 2.24) is 10.6 Å². The van der Waals surface area contributed by atoms with E-state index in [9.17, 15) is 8.42 Å². The van der Waals surface area contributed by atoms with E-state index in [4.69, 9.17) is 0 Å². The fourth-order valence-electron chi connectivity index (χ4n) is 1.68. The van der Waals surface area contributed by atoms with Crippen LogP contribution in [0.1, 0.15) is 19.8 Å². The molecule has 0 bridgehead atoms. The first-order valence-corrected chi connectivity index (χ1v) is 8.47. The number of rotatable bonds is 7. The van der Waals surface area contributed by atoms with Crippen LogP contribution in [-0.2, 0) is 9.84 Å². The second-order valence-corrected chi connectivity index (χ2v) is 6.52. The van der Waals surface area contributed by atoms with E-state index in [0.717, 1.165) is 13.0 Å². The van der Waals surface area contributed by atoms with E-state index >= 15 is 0 Å². The molecule has 0 aromatic heterocycles. The lowest BCUT2D eigenvalue weighted by Crippen LogP contribution is -2.38. The lowest BCUT2D eigenvalue weighted by Gasteiger charge is -2.11. The van der Waals surface area contributed by atoms with Crippen LogP contribution in [-0.4, -0.2) is 40.3 Å². The topological polar surface area (TPSA) is 70.6 Å². The molecule has 1 rings (SSSR count). The molecular weight excluding hydrogens is 274 g/mol. The third-order valence-corrected chi connectivity index (χ3v) is 4.57. The molecule has 0 fully saturated rings. The first kappa shape index (κ1) is 16.5. The summed E-state index contributed by atoms with van der Waals surface area (Å²) in [6, 6.07) is 8.54. The molecule has 0 radical (unpaired) electrons. The van der Waals surface area contributed by atoms with Crippen LogP contribution < -0.4 is 10.6 Å². The standard InChI is InChI=1S/C14H23N3O2S/c1-3-10-16-14(15-2)17-11-7-12-20(18,19)13-8-5-4-6-9-13/h4-6,8-9H,3,7,10-12H2,1-2H3,(H2,15,16,17). The second-order valence-electron chi connectivity index (χ2n) is 4.41. The maximum atomic E-state index is 12.0. The van der Waals surface area contributed by atoms with Crippen molar-refractivity contribution >= 4 is 15.8 Å². The van der Waals surface area contributed by atoms with Crippen LogP contribution >= 0.6 is 0 Å². The molecule has 0 aliphatic carbocycles. The average Bonchev–Trinajstić information content (AvgIpc) is 2.47. The summed E-state index contributed by atoms with van der Waals surface area (Å²) in [5.41, 5.74) is 0. The number of guanidine groups is 1. The molecule has 0 saturated heterocycles. The monoisotopic (exact) mass is 297 g/mol. The molecule has 0 atom stereocenters.